The maximum atomic E-state index is 6.12. The van der Waals surface area contributed by atoms with Crippen molar-refractivity contribution in [1.82, 2.24) is 5.32 Å². The van der Waals surface area contributed by atoms with Crippen LogP contribution in [0.25, 0.3) is 0 Å². The lowest BCUT2D eigenvalue weighted by Crippen LogP contribution is -2.51. The van der Waals surface area contributed by atoms with Crippen LogP contribution >= 0.6 is 0 Å². The summed E-state index contributed by atoms with van der Waals surface area (Å²) >= 11 is 0. The zero-order valence-corrected chi connectivity index (χ0v) is 13.6. The second-order valence-electron chi connectivity index (χ2n) is 7.10. The molecule has 0 aromatic rings. The molecule has 122 valence electrons. The van der Waals surface area contributed by atoms with Crippen LogP contribution in [-0.2, 0) is 14.2 Å². The fourth-order valence-corrected chi connectivity index (χ4v) is 4.43. The van der Waals surface area contributed by atoms with Gasteiger partial charge in [-0.05, 0) is 45.1 Å². The predicted molar refractivity (Wildman–Crippen MR) is 82.4 cm³/mol. The third-order valence-electron chi connectivity index (χ3n) is 5.63. The zero-order chi connectivity index (χ0) is 14.7. The molecule has 5 atom stereocenters. The van der Waals surface area contributed by atoms with Crippen LogP contribution in [0.2, 0.25) is 0 Å². The second-order valence-corrected chi connectivity index (χ2v) is 7.10. The molecule has 4 nitrogen and oxygen atoms in total. The van der Waals surface area contributed by atoms with E-state index < -0.39 is 0 Å². The van der Waals surface area contributed by atoms with Crippen molar-refractivity contribution in [1.29, 1.82) is 0 Å². The highest BCUT2D eigenvalue weighted by atomic mass is 16.6. The molecule has 5 unspecified atom stereocenters. The van der Waals surface area contributed by atoms with Crippen LogP contribution < -0.4 is 5.32 Å². The number of nitrogens with one attached hydrogen (secondary N) is 1. The van der Waals surface area contributed by atoms with Gasteiger partial charge in [-0.25, -0.2) is 0 Å². The van der Waals surface area contributed by atoms with E-state index in [2.05, 4.69) is 19.2 Å². The fraction of sp³-hybridized carbons (Fsp3) is 1.00. The first-order valence-corrected chi connectivity index (χ1v) is 8.81. The Morgan fingerprint density at radius 3 is 2.81 bits per heavy atom. The summed E-state index contributed by atoms with van der Waals surface area (Å²) < 4.78 is 17.6. The Bertz CT molecular complexity index is 330. The second kappa shape index (κ2) is 6.95. The summed E-state index contributed by atoms with van der Waals surface area (Å²) in [5.41, 5.74) is 0.0117. The Balaban J connectivity index is 1.69. The molecule has 3 aliphatic heterocycles. The minimum absolute atomic E-state index is 0.0117. The lowest BCUT2D eigenvalue weighted by atomic mass is 9.75. The maximum absolute atomic E-state index is 6.12. The van der Waals surface area contributed by atoms with Crippen molar-refractivity contribution < 1.29 is 14.2 Å². The summed E-state index contributed by atoms with van der Waals surface area (Å²) in [7, 11) is 0. The van der Waals surface area contributed by atoms with E-state index in [0.29, 0.717) is 24.0 Å². The van der Waals surface area contributed by atoms with Crippen molar-refractivity contribution in [2.45, 2.75) is 63.7 Å². The highest BCUT2D eigenvalue weighted by Gasteiger charge is 2.45. The average molecular weight is 297 g/mol. The molecule has 0 aromatic carbocycles. The van der Waals surface area contributed by atoms with Gasteiger partial charge in [-0.1, -0.05) is 6.92 Å². The quantitative estimate of drug-likeness (QED) is 0.845. The monoisotopic (exact) mass is 297 g/mol. The van der Waals surface area contributed by atoms with Gasteiger partial charge in [0, 0.05) is 38.2 Å². The Labute approximate surface area is 128 Å². The fourth-order valence-electron chi connectivity index (χ4n) is 4.43. The lowest BCUT2D eigenvalue weighted by Gasteiger charge is -2.43. The van der Waals surface area contributed by atoms with Gasteiger partial charge in [-0.3, -0.25) is 0 Å². The van der Waals surface area contributed by atoms with E-state index in [1.54, 1.807) is 0 Å². The summed E-state index contributed by atoms with van der Waals surface area (Å²) in [6.07, 6.45) is 6.17. The molecule has 3 rings (SSSR count). The number of hydrogen-bond donors (Lipinski definition) is 1. The number of rotatable bonds is 5. The van der Waals surface area contributed by atoms with Gasteiger partial charge in [0.05, 0.1) is 18.3 Å². The Morgan fingerprint density at radius 1 is 1.24 bits per heavy atom. The van der Waals surface area contributed by atoms with Crippen molar-refractivity contribution in [3.8, 4) is 0 Å². The SMILES string of the molecule is CCCNC(C1CCOC2(CCOC2)C1)C1CCOC1C. The van der Waals surface area contributed by atoms with Crippen molar-refractivity contribution in [2.24, 2.45) is 11.8 Å². The molecule has 3 saturated heterocycles. The number of ether oxygens (including phenoxy) is 3. The van der Waals surface area contributed by atoms with Gasteiger partial charge in [-0.2, -0.15) is 0 Å². The summed E-state index contributed by atoms with van der Waals surface area (Å²) in [6.45, 7) is 9.06. The Kier molecular flexibility index (Phi) is 5.20. The standard InChI is InChI=1S/C17H31NO3/c1-3-7-18-16(15-5-8-20-13(15)2)14-4-9-21-17(11-14)6-10-19-12-17/h13-16,18H,3-12H2,1-2H3. The van der Waals surface area contributed by atoms with Gasteiger partial charge >= 0.3 is 0 Å². The van der Waals surface area contributed by atoms with E-state index in [-0.39, 0.29) is 5.60 Å². The molecule has 1 spiro atoms. The minimum Gasteiger partial charge on any atom is -0.378 e. The van der Waals surface area contributed by atoms with Gasteiger partial charge in [0.1, 0.15) is 0 Å². The highest BCUT2D eigenvalue weighted by molar-refractivity contribution is 4.97. The van der Waals surface area contributed by atoms with Crippen molar-refractivity contribution >= 4 is 0 Å². The predicted octanol–water partition coefficient (Wildman–Crippen LogP) is 2.37. The van der Waals surface area contributed by atoms with E-state index >= 15 is 0 Å². The first-order valence-electron chi connectivity index (χ1n) is 8.81. The molecular weight excluding hydrogens is 266 g/mol. The van der Waals surface area contributed by atoms with Crippen LogP contribution in [0.4, 0.5) is 0 Å². The molecule has 0 aliphatic carbocycles. The van der Waals surface area contributed by atoms with Gasteiger partial charge in [-0.15, -0.1) is 0 Å². The summed E-state index contributed by atoms with van der Waals surface area (Å²) in [5.74, 6) is 1.35. The molecule has 0 saturated carbocycles. The minimum atomic E-state index is 0.0117. The van der Waals surface area contributed by atoms with Crippen LogP contribution in [0.1, 0.15) is 46.0 Å². The van der Waals surface area contributed by atoms with Crippen LogP contribution in [0.5, 0.6) is 0 Å². The third-order valence-corrected chi connectivity index (χ3v) is 5.63. The van der Waals surface area contributed by atoms with Gasteiger partial charge in [0.25, 0.3) is 0 Å². The van der Waals surface area contributed by atoms with Crippen molar-refractivity contribution in [2.75, 3.05) is 33.0 Å². The molecule has 3 heterocycles. The molecule has 0 amide bonds. The lowest BCUT2D eigenvalue weighted by molar-refractivity contribution is -0.107. The zero-order valence-electron chi connectivity index (χ0n) is 13.6. The van der Waals surface area contributed by atoms with Crippen LogP contribution in [-0.4, -0.2) is 50.7 Å². The average Bonchev–Trinajstić information content (AvgIpc) is 3.10. The molecule has 4 heteroatoms. The molecule has 1 N–H and O–H groups in total. The van der Waals surface area contributed by atoms with Gasteiger partial charge in [0.2, 0.25) is 0 Å². The van der Waals surface area contributed by atoms with E-state index in [9.17, 15) is 0 Å². The molecular formula is C17H31NO3. The molecule has 3 fully saturated rings. The maximum Gasteiger partial charge on any atom is 0.0939 e. The normalized spacial score (nSPS) is 41.7. The smallest absolute Gasteiger partial charge is 0.0939 e. The first-order chi connectivity index (χ1) is 10.2. The molecule has 0 radical (unpaired) electrons. The highest BCUT2D eigenvalue weighted by Crippen LogP contribution is 2.40. The van der Waals surface area contributed by atoms with E-state index in [4.69, 9.17) is 14.2 Å². The summed E-state index contributed by atoms with van der Waals surface area (Å²) in [6, 6.07) is 0.573. The molecule has 0 bridgehead atoms. The molecule has 21 heavy (non-hydrogen) atoms. The summed E-state index contributed by atoms with van der Waals surface area (Å²) in [5, 5.41) is 3.84. The Hall–Kier alpha value is -0.160. The van der Waals surface area contributed by atoms with Crippen LogP contribution in [0.15, 0.2) is 0 Å². The molecule has 3 aliphatic rings. The van der Waals surface area contributed by atoms with E-state index in [1.165, 1.54) is 19.3 Å². The van der Waals surface area contributed by atoms with Crippen LogP contribution in [0.3, 0.4) is 0 Å². The molecule has 0 aromatic heterocycles. The Morgan fingerprint density at radius 2 is 2.14 bits per heavy atom. The largest absolute Gasteiger partial charge is 0.378 e. The van der Waals surface area contributed by atoms with Crippen molar-refractivity contribution in [3.63, 3.8) is 0 Å². The topological polar surface area (TPSA) is 39.7 Å². The number of hydrogen-bond acceptors (Lipinski definition) is 4. The third kappa shape index (κ3) is 3.44. The summed E-state index contributed by atoms with van der Waals surface area (Å²) in [4.78, 5) is 0. The van der Waals surface area contributed by atoms with Gasteiger partial charge in [0.15, 0.2) is 0 Å². The van der Waals surface area contributed by atoms with E-state index in [0.717, 1.165) is 45.8 Å². The van der Waals surface area contributed by atoms with Gasteiger partial charge < -0.3 is 19.5 Å². The van der Waals surface area contributed by atoms with Crippen molar-refractivity contribution in [3.05, 3.63) is 0 Å². The van der Waals surface area contributed by atoms with Crippen LogP contribution in [0, 0.1) is 11.8 Å². The van der Waals surface area contributed by atoms with E-state index in [1.807, 2.05) is 0 Å². The first kappa shape index (κ1) is 15.7.